The molecule has 2 fully saturated rings. The van der Waals surface area contributed by atoms with E-state index in [1.165, 1.54) is 24.2 Å². The lowest BCUT2D eigenvalue weighted by Crippen LogP contribution is -2.37. The molecular formula is C18H20N6OS. The van der Waals surface area contributed by atoms with E-state index in [1.807, 2.05) is 22.5 Å². The van der Waals surface area contributed by atoms with Crippen molar-refractivity contribution in [1.82, 2.24) is 24.8 Å². The Bertz CT molecular complexity index is 932. The van der Waals surface area contributed by atoms with Gasteiger partial charge in [0.2, 0.25) is 5.91 Å². The Balaban J connectivity index is 1.39. The van der Waals surface area contributed by atoms with Crippen molar-refractivity contribution < 1.29 is 4.79 Å². The summed E-state index contributed by atoms with van der Waals surface area (Å²) in [5, 5.41) is 3.00. The van der Waals surface area contributed by atoms with Crippen molar-refractivity contribution in [2.75, 3.05) is 31.1 Å². The van der Waals surface area contributed by atoms with Gasteiger partial charge in [-0.1, -0.05) is 0 Å². The predicted octanol–water partition coefficient (Wildman–Crippen LogP) is 2.09. The molecule has 0 aromatic carbocycles. The highest BCUT2D eigenvalue weighted by atomic mass is 32.1. The molecule has 134 valence electrons. The zero-order chi connectivity index (χ0) is 17.6. The average Bonchev–Trinajstić information content (AvgIpc) is 3.04. The number of nitrogens with zero attached hydrogens (tertiary/aromatic N) is 5. The van der Waals surface area contributed by atoms with E-state index in [9.17, 15) is 4.79 Å². The largest absolute Gasteiger partial charge is 0.354 e. The van der Waals surface area contributed by atoms with Gasteiger partial charge >= 0.3 is 0 Å². The number of aromatic nitrogens is 4. The summed E-state index contributed by atoms with van der Waals surface area (Å²) < 4.78 is 0. The van der Waals surface area contributed by atoms with Crippen LogP contribution in [0.4, 0.5) is 5.82 Å². The number of hydrogen-bond acceptors (Lipinski definition) is 6. The SMILES string of the molecule is O=C(Cc1cscn1)N1CCN(c2ncnc3[nH]ccc23)CC2(CC2)C1. The Hall–Kier alpha value is -2.48. The Labute approximate surface area is 155 Å². The summed E-state index contributed by atoms with van der Waals surface area (Å²) in [6.07, 6.45) is 6.26. The number of thiazole rings is 1. The Kier molecular flexibility index (Phi) is 3.66. The van der Waals surface area contributed by atoms with Gasteiger partial charge in [0.1, 0.15) is 17.8 Å². The highest BCUT2D eigenvalue weighted by Gasteiger charge is 2.47. The van der Waals surface area contributed by atoms with Gasteiger partial charge in [-0.2, -0.15) is 0 Å². The number of hydrogen-bond donors (Lipinski definition) is 1. The van der Waals surface area contributed by atoms with Gasteiger partial charge in [0.25, 0.3) is 0 Å². The fourth-order valence-corrected chi connectivity index (χ4v) is 4.41. The van der Waals surface area contributed by atoms with E-state index < -0.39 is 0 Å². The van der Waals surface area contributed by atoms with Gasteiger partial charge in [0, 0.05) is 43.2 Å². The fraction of sp³-hybridized carbons (Fsp3) is 0.444. The maximum atomic E-state index is 12.8. The highest BCUT2D eigenvalue weighted by molar-refractivity contribution is 7.07. The molecule has 1 amide bonds. The van der Waals surface area contributed by atoms with E-state index in [0.717, 1.165) is 48.7 Å². The van der Waals surface area contributed by atoms with Crippen LogP contribution in [0.3, 0.4) is 0 Å². The van der Waals surface area contributed by atoms with Crippen molar-refractivity contribution in [2.24, 2.45) is 5.41 Å². The standard InChI is InChI=1S/C18H20N6OS/c25-15(7-13-8-26-12-22-13)23-5-6-24(10-18(9-23)2-3-18)17-14-1-4-19-16(14)20-11-21-17/h1,4,8,11-12H,2-3,5-7,9-10H2,(H,19,20,21). The lowest BCUT2D eigenvalue weighted by atomic mass is 10.1. The third-order valence-electron chi connectivity index (χ3n) is 5.45. The van der Waals surface area contributed by atoms with Crippen molar-refractivity contribution in [3.05, 3.63) is 35.2 Å². The summed E-state index contributed by atoms with van der Waals surface area (Å²) in [5.41, 5.74) is 3.73. The molecule has 2 aliphatic rings. The summed E-state index contributed by atoms with van der Waals surface area (Å²) in [6.45, 7) is 3.31. The lowest BCUT2D eigenvalue weighted by Gasteiger charge is -2.25. The van der Waals surface area contributed by atoms with Crippen LogP contribution in [0.25, 0.3) is 11.0 Å². The average molecular weight is 368 g/mol. The third-order valence-corrected chi connectivity index (χ3v) is 6.09. The molecule has 8 heteroatoms. The van der Waals surface area contributed by atoms with Crippen LogP contribution < -0.4 is 4.90 Å². The van der Waals surface area contributed by atoms with Crippen molar-refractivity contribution >= 4 is 34.1 Å². The number of amides is 1. The van der Waals surface area contributed by atoms with Crippen molar-refractivity contribution in [2.45, 2.75) is 19.3 Å². The topological polar surface area (TPSA) is 78.0 Å². The maximum absolute atomic E-state index is 12.8. The molecule has 1 saturated carbocycles. The zero-order valence-corrected chi connectivity index (χ0v) is 15.2. The lowest BCUT2D eigenvalue weighted by molar-refractivity contribution is -0.130. The fourth-order valence-electron chi connectivity index (χ4n) is 3.85. The van der Waals surface area contributed by atoms with Gasteiger partial charge in [0.05, 0.1) is 23.0 Å². The van der Waals surface area contributed by atoms with Gasteiger partial charge in [-0.25, -0.2) is 15.0 Å². The minimum atomic E-state index is 0.179. The molecule has 3 aromatic heterocycles. The van der Waals surface area contributed by atoms with Gasteiger partial charge < -0.3 is 14.8 Å². The monoisotopic (exact) mass is 368 g/mol. The van der Waals surface area contributed by atoms with Crippen LogP contribution >= 0.6 is 11.3 Å². The van der Waals surface area contributed by atoms with Crippen LogP contribution in [-0.4, -0.2) is 56.9 Å². The maximum Gasteiger partial charge on any atom is 0.228 e. The first-order valence-corrected chi connectivity index (χ1v) is 9.85. The minimum Gasteiger partial charge on any atom is -0.354 e. The molecule has 0 atom stereocenters. The van der Waals surface area contributed by atoms with Gasteiger partial charge in [-0.05, 0) is 18.9 Å². The predicted molar refractivity (Wildman–Crippen MR) is 100 cm³/mol. The highest BCUT2D eigenvalue weighted by Crippen LogP contribution is 2.48. The van der Waals surface area contributed by atoms with E-state index in [-0.39, 0.29) is 11.3 Å². The second-order valence-corrected chi connectivity index (χ2v) is 8.05. The second kappa shape index (κ2) is 6.05. The molecule has 0 bridgehead atoms. The molecule has 1 saturated heterocycles. The van der Waals surface area contributed by atoms with Crippen LogP contribution in [0.1, 0.15) is 18.5 Å². The molecule has 1 spiro atoms. The summed E-state index contributed by atoms with van der Waals surface area (Å²) in [4.78, 5) is 33.4. The van der Waals surface area contributed by atoms with E-state index in [1.54, 1.807) is 11.8 Å². The van der Waals surface area contributed by atoms with E-state index in [4.69, 9.17) is 0 Å². The Morgan fingerprint density at radius 2 is 2.15 bits per heavy atom. The number of anilines is 1. The number of rotatable bonds is 3. The number of H-pyrrole nitrogens is 1. The first kappa shape index (κ1) is 15.7. The molecule has 26 heavy (non-hydrogen) atoms. The zero-order valence-electron chi connectivity index (χ0n) is 14.4. The number of carbonyl (C=O) groups excluding carboxylic acids is 1. The summed E-state index contributed by atoms with van der Waals surface area (Å²) >= 11 is 1.54. The smallest absolute Gasteiger partial charge is 0.228 e. The summed E-state index contributed by atoms with van der Waals surface area (Å²) in [7, 11) is 0. The molecule has 7 nitrogen and oxygen atoms in total. The summed E-state index contributed by atoms with van der Waals surface area (Å²) in [5.74, 6) is 1.15. The van der Waals surface area contributed by atoms with E-state index >= 15 is 0 Å². The van der Waals surface area contributed by atoms with Crippen molar-refractivity contribution in [3.63, 3.8) is 0 Å². The number of carbonyl (C=O) groups is 1. The quantitative estimate of drug-likeness (QED) is 0.766. The van der Waals surface area contributed by atoms with Crippen LogP contribution in [0.15, 0.2) is 29.5 Å². The van der Waals surface area contributed by atoms with E-state index in [2.05, 4.69) is 24.8 Å². The van der Waals surface area contributed by atoms with Crippen LogP contribution in [-0.2, 0) is 11.2 Å². The minimum absolute atomic E-state index is 0.179. The molecule has 1 N–H and O–H groups in total. The molecule has 0 unspecified atom stereocenters. The number of fused-ring (bicyclic) bond motifs is 1. The number of nitrogens with one attached hydrogen (secondary N) is 1. The normalized spacial score (nSPS) is 19.1. The molecule has 4 heterocycles. The first-order valence-electron chi connectivity index (χ1n) is 8.90. The molecule has 5 rings (SSSR count). The van der Waals surface area contributed by atoms with Gasteiger partial charge in [0.15, 0.2) is 0 Å². The van der Waals surface area contributed by atoms with E-state index in [0.29, 0.717) is 6.42 Å². The molecular weight excluding hydrogens is 348 g/mol. The van der Waals surface area contributed by atoms with Crippen molar-refractivity contribution in [1.29, 1.82) is 0 Å². The van der Waals surface area contributed by atoms with Crippen LogP contribution in [0, 0.1) is 5.41 Å². The summed E-state index contributed by atoms with van der Waals surface area (Å²) in [6, 6.07) is 2.03. The van der Waals surface area contributed by atoms with Gasteiger partial charge in [-0.3, -0.25) is 4.79 Å². The Morgan fingerprint density at radius 3 is 2.96 bits per heavy atom. The molecule has 1 aliphatic carbocycles. The van der Waals surface area contributed by atoms with Crippen LogP contribution in [0.2, 0.25) is 0 Å². The number of aromatic amines is 1. The Morgan fingerprint density at radius 1 is 1.23 bits per heavy atom. The van der Waals surface area contributed by atoms with Gasteiger partial charge in [-0.15, -0.1) is 11.3 Å². The molecule has 3 aromatic rings. The van der Waals surface area contributed by atoms with Crippen LogP contribution in [0.5, 0.6) is 0 Å². The second-order valence-electron chi connectivity index (χ2n) is 7.33. The van der Waals surface area contributed by atoms with Crippen molar-refractivity contribution in [3.8, 4) is 0 Å². The first-order chi connectivity index (χ1) is 12.7. The third kappa shape index (κ3) is 2.84. The molecule has 1 aliphatic heterocycles. The molecule has 0 radical (unpaired) electrons.